The van der Waals surface area contributed by atoms with Crippen molar-refractivity contribution in [2.75, 3.05) is 0 Å². The van der Waals surface area contributed by atoms with Gasteiger partial charge in [-0.3, -0.25) is 4.79 Å². The minimum atomic E-state index is 0.00173. The van der Waals surface area contributed by atoms with Gasteiger partial charge in [0.2, 0.25) is 0 Å². The van der Waals surface area contributed by atoms with Crippen molar-refractivity contribution < 1.29 is 4.79 Å². The van der Waals surface area contributed by atoms with Crippen LogP contribution in [0.1, 0.15) is 36.2 Å². The molecule has 0 atom stereocenters. The smallest absolute Gasteiger partial charge is 0.165 e. The third-order valence-electron chi connectivity index (χ3n) is 2.42. The summed E-state index contributed by atoms with van der Waals surface area (Å²) in [6.07, 6.45) is 5.90. The number of carbonyl (C=O) groups is 1. The van der Waals surface area contributed by atoms with Gasteiger partial charge in [-0.15, -0.1) is 18.2 Å². The first-order chi connectivity index (χ1) is 7.02. The molecule has 0 aromatic heterocycles. The molecule has 0 bridgehead atoms. The number of Topliss-reactive ketones (excluding diaryl/α,β-unsaturated/α-hetero) is 1. The summed E-state index contributed by atoms with van der Waals surface area (Å²) < 4.78 is 0.00173. The first-order valence-electron chi connectivity index (χ1n) is 4.85. The summed E-state index contributed by atoms with van der Waals surface area (Å²) in [5.74, 6) is 2.76. The number of hydrogen-bond acceptors (Lipinski definition) is 2. The van der Waals surface area contributed by atoms with Crippen molar-refractivity contribution in [3.63, 3.8) is 0 Å². The van der Waals surface area contributed by atoms with Crippen LogP contribution in [-0.2, 0) is 0 Å². The average Bonchev–Trinajstić information content (AvgIpc) is 2.15. The van der Waals surface area contributed by atoms with E-state index in [1.165, 1.54) is 0 Å². The van der Waals surface area contributed by atoms with Crippen molar-refractivity contribution in [3.05, 3.63) is 29.3 Å². The van der Waals surface area contributed by atoms with Crippen molar-refractivity contribution in [1.29, 1.82) is 0 Å². The topological polar surface area (TPSA) is 17.1 Å². The summed E-state index contributed by atoms with van der Waals surface area (Å²) in [4.78, 5) is 12.9. The van der Waals surface area contributed by atoms with Crippen LogP contribution < -0.4 is 0 Å². The van der Waals surface area contributed by atoms with Crippen LogP contribution in [0.3, 0.4) is 0 Å². The molecular weight excluding hydrogens is 204 g/mol. The average molecular weight is 216 g/mol. The van der Waals surface area contributed by atoms with E-state index in [-0.39, 0.29) is 10.5 Å². The molecule has 76 valence electrons. The Kier molecular flexibility index (Phi) is 2.36. The van der Waals surface area contributed by atoms with Crippen LogP contribution in [0.5, 0.6) is 0 Å². The molecule has 1 aromatic carbocycles. The number of benzene rings is 1. The molecular formula is C13H12OS. The molecule has 2 rings (SSSR count). The molecule has 0 aliphatic carbocycles. The standard InChI is InChI=1S/C13H12OS/c1-4-9-5-6-12-10(7-9)11(14)8-13(2,3)15-12/h1,5-7H,8H2,2-3H3. The Hall–Kier alpha value is -1.20. The van der Waals surface area contributed by atoms with E-state index in [2.05, 4.69) is 19.8 Å². The molecule has 0 saturated heterocycles. The van der Waals surface area contributed by atoms with Crippen molar-refractivity contribution in [2.45, 2.75) is 29.9 Å². The molecule has 1 aliphatic rings. The van der Waals surface area contributed by atoms with Gasteiger partial charge in [0.1, 0.15) is 0 Å². The quantitative estimate of drug-likeness (QED) is 0.620. The largest absolute Gasteiger partial charge is 0.294 e. The van der Waals surface area contributed by atoms with E-state index in [0.29, 0.717) is 6.42 Å². The van der Waals surface area contributed by atoms with Crippen LogP contribution >= 0.6 is 11.8 Å². The zero-order valence-corrected chi connectivity index (χ0v) is 9.65. The van der Waals surface area contributed by atoms with Crippen LogP contribution in [0.25, 0.3) is 0 Å². The Bertz CT molecular complexity index is 466. The van der Waals surface area contributed by atoms with Gasteiger partial charge in [0, 0.05) is 27.2 Å². The van der Waals surface area contributed by atoms with E-state index in [1.807, 2.05) is 18.2 Å². The van der Waals surface area contributed by atoms with Gasteiger partial charge in [0.25, 0.3) is 0 Å². The Labute approximate surface area is 94.3 Å². The van der Waals surface area contributed by atoms with Crippen LogP contribution in [0, 0.1) is 12.3 Å². The number of thioether (sulfide) groups is 1. The first-order valence-corrected chi connectivity index (χ1v) is 5.66. The maximum Gasteiger partial charge on any atom is 0.165 e. The highest BCUT2D eigenvalue weighted by Crippen LogP contribution is 2.42. The van der Waals surface area contributed by atoms with Crippen molar-refractivity contribution in [2.24, 2.45) is 0 Å². The van der Waals surface area contributed by atoms with E-state index in [9.17, 15) is 4.79 Å². The zero-order chi connectivity index (χ0) is 11.1. The van der Waals surface area contributed by atoms with Crippen molar-refractivity contribution in [3.8, 4) is 12.3 Å². The lowest BCUT2D eigenvalue weighted by Gasteiger charge is -2.29. The minimum absolute atomic E-state index is 0.00173. The second kappa shape index (κ2) is 3.43. The van der Waals surface area contributed by atoms with Crippen LogP contribution in [0.2, 0.25) is 0 Å². The molecule has 0 spiro atoms. The number of ketones is 1. The van der Waals surface area contributed by atoms with Crippen molar-refractivity contribution >= 4 is 17.5 Å². The van der Waals surface area contributed by atoms with Gasteiger partial charge >= 0.3 is 0 Å². The highest BCUT2D eigenvalue weighted by molar-refractivity contribution is 8.00. The summed E-state index contributed by atoms with van der Waals surface area (Å²) in [6.45, 7) is 4.18. The molecule has 0 amide bonds. The predicted octanol–water partition coefficient (Wildman–Crippen LogP) is 3.13. The second-order valence-electron chi connectivity index (χ2n) is 4.32. The van der Waals surface area contributed by atoms with Gasteiger partial charge in [0.05, 0.1) is 0 Å². The molecule has 0 saturated carbocycles. The van der Waals surface area contributed by atoms with Crippen molar-refractivity contribution in [1.82, 2.24) is 0 Å². The van der Waals surface area contributed by atoms with Gasteiger partial charge in [-0.1, -0.05) is 5.92 Å². The van der Waals surface area contributed by atoms with Gasteiger partial charge < -0.3 is 0 Å². The second-order valence-corrected chi connectivity index (χ2v) is 6.07. The Morgan fingerprint density at radius 1 is 1.47 bits per heavy atom. The number of rotatable bonds is 0. The Balaban J connectivity index is 2.52. The Morgan fingerprint density at radius 3 is 2.87 bits per heavy atom. The first kappa shape index (κ1) is 10.3. The maximum absolute atomic E-state index is 11.9. The lowest BCUT2D eigenvalue weighted by molar-refractivity contribution is 0.0967. The summed E-state index contributed by atoms with van der Waals surface area (Å²) >= 11 is 1.75. The molecule has 1 heterocycles. The molecule has 2 heteroatoms. The van der Waals surface area contributed by atoms with Gasteiger partial charge in [-0.25, -0.2) is 0 Å². The van der Waals surface area contributed by atoms with Gasteiger partial charge in [0.15, 0.2) is 5.78 Å². The zero-order valence-electron chi connectivity index (χ0n) is 8.83. The lowest BCUT2D eigenvalue weighted by atomic mass is 9.98. The van der Waals surface area contributed by atoms with E-state index in [0.717, 1.165) is 16.0 Å². The highest BCUT2D eigenvalue weighted by atomic mass is 32.2. The number of hydrogen-bond donors (Lipinski definition) is 0. The number of carbonyl (C=O) groups excluding carboxylic acids is 1. The van der Waals surface area contributed by atoms with E-state index in [1.54, 1.807) is 11.8 Å². The third kappa shape index (κ3) is 1.93. The lowest BCUT2D eigenvalue weighted by Crippen LogP contribution is -2.25. The predicted molar refractivity (Wildman–Crippen MR) is 63.3 cm³/mol. The normalized spacial score (nSPS) is 18.1. The Morgan fingerprint density at radius 2 is 2.20 bits per heavy atom. The highest BCUT2D eigenvalue weighted by Gasteiger charge is 2.31. The van der Waals surface area contributed by atoms with E-state index >= 15 is 0 Å². The summed E-state index contributed by atoms with van der Waals surface area (Å²) in [5.41, 5.74) is 1.57. The molecule has 0 fully saturated rings. The van der Waals surface area contributed by atoms with Gasteiger partial charge in [-0.2, -0.15) is 0 Å². The molecule has 0 N–H and O–H groups in total. The van der Waals surface area contributed by atoms with Gasteiger partial charge in [-0.05, 0) is 32.0 Å². The monoisotopic (exact) mass is 216 g/mol. The van der Waals surface area contributed by atoms with Crippen LogP contribution in [0.15, 0.2) is 23.1 Å². The fraction of sp³-hybridized carbons (Fsp3) is 0.308. The molecule has 1 nitrogen and oxygen atoms in total. The van der Waals surface area contributed by atoms with Crippen LogP contribution in [-0.4, -0.2) is 10.5 Å². The molecule has 1 aliphatic heterocycles. The number of terminal acetylenes is 1. The van der Waals surface area contributed by atoms with Crippen LogP contribution in [0.4, 0.5) is 0 Å². The summed E-state index contributed by atoms with van der Waals surface area (Å²) in [7, 11) is 0. The fourth-order valence-electron chi connectivity index (χ4n) is 1.74. The molecule has 0 radical (unpaired) electrons. The minimum Gasteiger partial charge on any atom is -0.294 e. The molecule has 15 heavy (non-hydrogen) atoms. The summed E-state index contributed by atoms with van der Waals surface area (Å²) in [6, 6.07) is 5.66. The summed E-state index contributed by atoms with van der Waals surface area (Å²) in [5, 5.41) is 0. The molecule has 1 aromatic rings. The van der Waals surface area contributed by atoms with E-state index < -0.39 is 0 Å². The number of fused-ring (bicyclic) bond motifs is 1. The molecule has 0 unspecified atom stereocenters. The maximum atomic E-state index is 11.9. The SMILES string of the molecule is C#Cc1ccc2c(c1)C(=O)CC(C)(C)S2. The third-order valence-corrected chi connectivity index (χ3v) is 3.69. The fourth-order valence-corrected chi connectivity index (χ4v) is 2.96. The van der Waals surface area contributed by atoms with E-state index in [4.69, 9.17) is 6.42 Å².